The summed E-state index contributed by atoms with van der Waals surface area (Å²) in [6.45, 7) is 2.52. The normalized spacial score (nSPS) is 15.0. The first kappa shape index (κ1) is 20.2. The van der Waals surface area contributed by atoms with E-state index >= 15 is 0 Å². The van der Waals surface area contributed by atoms with Crippen molar-refractivity contribution < 1.29 is 9.59 Å². The molecule has 2 amide bonds. The van der Waals surface area contributed by atoms with E-state index < -0.39 is 0 Å². The van der Waals surface area contributed by atoms with Crippen LogP contribution in [-0.4, -0.2) is 23.6 Å². The molecule has 1 aliphatic heterocycles. The van der Waals surface area contributed by atoms with Crippen LogP contribution in [0.2, 0.25) is 0 Å². The summed E-state index contributed by atoms with van der Waals surface area (Å²) in [7, 11) is 0. The monoisotopic (exact) mass is 416 g/mol. The van der Waals surface area contributed by atoms with Gasteiger partial charge in [0.2, 0.25) is 5.91 Å². The highest BCUT2D eigenvalue weighted by atomic mass is 32.2. The predicted molar refractivity (Wildman–Crippen MR) is 122 cm³/mol. The van der Waals surface area contributed by atoms with Crippen LogP contribution in [0.25, 0.3) is 0 Å². The zero-order valence-electron chi connectivity index (χ0n) is 16.9. The van der Waals surface area contributed by atoms with Crippen molar-refractivity contribution in [3.8, 4) is 0 Å². The molecule has 4 rings (SSSR count). The van der Waals surface area contributed by atoms with Crippen molar-refractivity contribution in [2.24, 2.45) is 0 Å². The van der Waals surface area contributed by atoms with Crippen LogP contribution in [0.1, 0.15) is 28.4 Å². The van der Waals surface area contributed by atoms with Gasteiger partial charge in [0.1, 0.15) is 0 Å². The van der Waals surface area contributed by atoms with Gasteiger partial charge in [-0.15, -0.1) is 11.8 Å². The molecule has 1 atom stereocenters. The highest BCUT2D eigenvalue weighted by molar-refractivity contribution is 8.00. The van der Waals surface area contributed by atoms with E-state index in [1.807, 2.05) is 77.7 Å². The van der Waals surface area contributed by atoms with E-state index in [1.54, 1.807) is 0 Å². The van der Waals surface area contributed by atoms with Gasteiger partial charge in [0.05, 0.1) is 5.75 Å². The van der Waals surface area contributed by atoms with Gasteiger partial charge in [-0.3, -0.25) is 9.59 Å². The number of fused-ring (bicyclic) bond motifs is 1. The summed E-state index contributed by atoms with van der Waals surface area (Å²) in [5.41, 5.74) is 3.80. The van der Waals surface area contributed by atoms with E-state index in [0.717, 1.165) is 22.6 Å². The van der Waals surface area contributed by atoms with Gasteiger partial charge < -0.3 is 10.2 Å². The van der Waals surface area contributed by atoms with Crippen molar-refractivity contribution in [2.75, 3.05) is 10.7 Å². The van der Waals surface area contributed by atoms with Gasteiger partial charge in [-0.2, -0.15) is 0 Å². The van der Waals surface area contributed by atoms with Gasteiger partial charge in [-0.05, 0) is 54.8 Å². The summed E-state index contributed by atoms with van der Waals surface area (Å²) in [5, 5.41) is 2.98. The molecule has 0 aromatic heterocycles. The van der Waals surface area contributed by atoms with Crippen molar-refractivity contribution in [1.29, 1.82) is 0 Å². The lowest BCUT2D eigenvalue weighted by Crippen LogP contribution is -2.35. The Hall–Kier alpha value is -3.05. The second-order valence-corrected chi connectivity index (χ2v) is 8.48. The summed E-state index contributed by atoms with van der Waals surface area (Å²) in [4.78, 5) is 28.3. The average Bonchev–Trinajstić information content (AvgIpc) is 3.12. The smallest absolute Gasteiger partial charge is 0.258 e. The summed E-state index contributed by atoms with van der Waals surface area (Å²) in [6.07, 6.45) is 0.842. The Morgan fingerprint density at radius 1 is 1.00 bits per heavy atom. The minimum absolute atomic E-state index is 0.00469. The number of thioether (sulfide) groups is 1. The molecule has 3 aromatic carbocycles. The maximum absolute atomic E-state index is 13.1. The van der Waals surface area contributed by atoms with Crippen LogP contribution in [0.15, 0.2) is 83.8 Å². The molecule has 0 radical (unpaired) electrons. The lowest BCUT2D eigenvalue weighted by molar-refractivity contribution is -0.118. The molecule has 0 saturated heterocycles. The van der Waals surface area contributed by atoms with Gasteiger partial charge in [-0.1, -0.05) is 48.5 Å². The fraction of sp³-hybridized carbons (Fsp3) is 0.200. The van der Waals surface area contributed by atoms with Crippen LogP contribution >= 0.6 is 11.8 Å². The quantitative estimate of drug-likeness (QED) is 0.593. The van der Waals surface area contributed by atoms with Gasteiger partial charge >= 0.3 is 0 Å². The summed E-state index contributed by atoms with van der Waals surface area (Å²) < 4.78 is 0. The molecule has 0 saturated carbocycles. The lowest BCUT2D eigenvalue weighted by atomic mass is 10.1. The standard InChI is InChI=1S/C25H24N2O2S/c1-18-14-21-13-12-19(16-26-24(28)17-30-22-10-6-3-7-11-22)15-23(21)27(18)25(29)20-8-4-2-5-9-20/h2-13,15,18H,14,16-17H2,1H3,(H,26,28)/t18-/m1/s1. The topological polar surface area (TPSA) is 49.4 Å². The van der Waals surface area contributed by atoms with Gasteiger partial charge in [0, 0.05) is 28.7 Å². The van der Waals surface area contributed by atoms with Crippen LogP contribution < -0.4 is 10.2 Å². The fourth-order valence-electron chi connectivity index (χ4n) is 3.71. The van der Waals surface area contributed by atoms with Crippen LogP contribution in [-0.2, 0) is 17.8 Å². The summed E-state index contributed by atoms with van der Waals surface area (Å²) in [6, 6.07) is 25.5. The molecule has 1 heterocycles. The minimum atomic E-state index is -0.00469. The molecule has 4 nitrogen and oxygen atoms in total. The van der Waals surface area contributed by atoms with Crippen molar-refractivity contribution >= 4 is 29.3 Å². The molecule has 0 fully saturated rings. The number of carbonyl (C=O) groups is 2. The number of nitrogens with one attached hydrogen (secondary N) is 1. The van der Waals surface area contributed by atoms with E-state index in [1.165, 1.54) is 17.3 Å². The van der Waals surface area contributed by atoms with Crippen molar-refractivity contribution in [1.82, 2.24) is 5.32 Å². The number of rotatable bonds is 6. The van der Waals surface area contributed by atoms with Crippen molar-refractivity contribution in [2.45, 2.75) is 30.8 Å². The first-order valence-electron chi connectivity index (χ1n) is 10.1. The van der Waals surface area contributed by atoms with E-state index in [0.29, 0.717) is 17.9 Å². The second kappa shape index (κ2) is 9.18. The Bertz CT molecular complexity index is 1040. The summed E-state index contributed by atoms with van der Waals surface area (Å²) >= 11 is 1.52. The van der Waals surface area contributed by atoms with Crippen LogP contribution in [0, 0.1) is 0 Å². The van der Waals surface area contributed by atoms with Crippen LogP contribution in [0.3, 0.4) is 0 Å². The molecule has 0 unspecified atom stereocenters. The summed E-state index contributed by atoms with van der Waals surface area (Å²) in [5.74, 6) is 0.391. The number of benzene rings is 3. The Morgan fingerprint density at radius 3 is 2.43 bits per heavy atom. The molecule has 0 aliphatic carbocycles. The molecule has 0 spiro atoms. The number of nitrogens with zero attached hydrogens (tertiary/aromatic N) is 1. The SMILES string of the molecule is C[C@@H]1Cc2ccc(CNC(=O)CSc3ccccc3)cc2N1C(=O)c1ccccc1. The number of hydrogen-bond acceptors (Lipinski definition) is 3. The number of anilines is 1. The lowest BCUT2D eigenvalue weighted by Gasteiger charge is -2.23. The van der Waals surface area contributed by atoms with E-state index in [9.17, 15) is 9.59 Å². The van der Waals surface area contributed by atoms with E-state index in [4.69, 9.17) is 0 Å². The highest BCUT2D eigenvalue weighted by Crippen LogP contribution is 2.34. The zero-order chi connectivity index (χ0) is 20.9. The predicted octanol–water partition coefficient (Wildman–Crippen LogP) is 4.69. The molecular formula is C25H24N2O2S. The van der Waals surface area contributed by atoms with Crippen molar-refractivity contribution in [3.05, 3.63) is 95.6 Å². The molecule has 1 N–H and O–H groups in total. The Labute approximate surface area is 181 Å². The van der Waals surface area contributed by atoms with Crippen LogP contribution in [0.4, 0.5) is 5.69 Å². The Morgan fingerprint density at radius 2 is 1.70 bits per heavy atom. The minimum Gasteiger partial charge on any atom is -0.351 e. The first-order valence-corrected chi connectivity index (χ1v) is 11.1. The van der Waals surface area contributed by atoms with Gasteiger partial charge in [0.25, 0.3) is 5.91 Å². The maximum Gasteiger partial charge on any atom is 0.258 e. The second-order valence-electron chi connectivity index (χ2n) is 7.44. The van der Waals surface area contributed by atoms with E-state index in [-0.39, 0.29) is 17.9 Å². The average molecular weight is 417 g/mol. The Kier molecular flexibility index (Phi) is 6.19. The number of carbonyl (C=O) groups excluding carboxylic acids is 2. The largest absolute Gasteiger partial charge is 0.351 e. The molecule has 30 heavy (non-hydrogen) atoms. The Balaban J connectivity index is 1.41. The zero-order valence-corrected chi connectivity index (χ0v) is 17.7. The molecule has 0 bridgehead atoms. The molecule has 1 aliphatic rings. The molecule has 3 aromatic rings. The molecule has 152 valence electrons. The fourth-order valence-corrected chi connectivity index (χ4v) is 4.46. The number of hydrogen-bond donors (Lipinski definition) is 1. The van der Waals surface area contributed by atoms with Crippen molar-refractivity contribution in [3.63, 3.8) is 0 Å². The molecular weight excluding hydrogens is 392 g/mol. The first-order chi connectivity index (χ1) is 14.6. The van der Waals surface area contributed by atoms with Gasteiger partial charge in [-0.25, -0.2) is 0 Å². The third kappa shape index (κ3) is 4.57. The molecule has 5 heteroatoms. The van der Waals surface area contributed by atoms with E-state index in [2.05, 4.69) is 18.3 Å². The third-order valence-corrected chi connectivity index (χ3v) is 6.22. The maximum atomic E-state index is 13.1. The van der Waals surface area contributed by atoms with Gasteiger partial charge in [0.15, 0.2) is 0 Å². The highest BCUT2D eigenvalue weighted by Gasteiger charge is 2.31. The third-order valence-electron chi connectivity index (χ3n) is 5.21. The van der Waals surface area contributed by atoms with Crippen LogP contribution in [0.5, 0.6) is 0 Å². The number of amides is 2.